The number of nitrogens with zero attached hydrogens (tertiary/aromatic N) is 3. The van der Waals surface area contributed by atoms with Gasteiger partial charge in [0.2, 0.25) is 11.0 Å². The molecule has 1 aromatic carbocycles. The van der Waals surface area contributed by atoms with E-state index in [0.717, 1.165) is 10.0 Å². The molecule has 7 nitrogen and oxygen atoms in total. The number of aryl methyl sites for hydroxylation is 1. The van der Waals surface area contributed by atoms with Crippen LogP contribution in [-0.2, 0) is 14.3 Å². The number of carbonyl (C=O) groups excluding carboxylic acids is 2. The predicted molar refractivity (Wildman–Crippen MR) is 106 cm³/mol. The first-order valence-corrected chi connectivity index (χ1v) is 10.5. The first kappa shape index (κ1) is 19.6. The SMILES string of the molecule is COC(=O)C1CCN(C(=O)CSc2nnc(Nc3cccc(C)c3)s2)CC1. The number of rotatable bonds is 6. The number of aromatic nitrogens is 2. The van der Waals surface area contributed by atoms with E-state index < -0.39 is 0 Å². The van der Waals surface area contributed by atoms with E-state index >= 15 is 0 Å². The Hall–Kier alpha value is -2.13. The summed E-state index contributed by atoms with van der Waals surface area (Å²) in [5.74, 6) is 0.109. The number of piperidine rings is 1. The Morgan fingerprint density at radius 2 is 2.11 bits per heavy atom. The number of benzene rings is 1. The molecule has 1 saturated heterocycles. The van der Waals surface area contributed by atoms with Crippen LogP contribution in [0.4, 0.5) is 10.8 Å². The monoisotopic (exact) mass is 406 g/mol. The molecule has 0 unspecified atom stereocenters. The van der Waals surface area contributed by atoms with Gasteiger partial charge in [-0.15, -0.1) is 10.2 Å². The minimum Gasteiger partial charge on any atom is -0.469 e. The molecule has 2 heterocycles. The molecule has 9 heteroatoms. The van der Waals surface area contributed by atoms with Crippen molar-refractivity contribution in [2.24, 2.45) is 5.92 Å². The van der Waals surface area contributed by atoms with Crippen LogP contribution < -0.4 is 5.32 Å². The second-order valence-corrected chi connectivity index (χ2v) is 8.53. The standard InChI is InChI=1S/C18H22N4O3S2/c1-12-4-3-5-14(10-12)19-17-20-21-18(27-17)26-11-15(23)22-8-6-13(7-9-22)16(24)25-2/h3-5,10,13H,6-9,11H2,1-2H3,(H,19,20). The van der Waals surface area contributed by atoms with Gasteiger partial charge in [0, 0.05) is 18.8 Å². The molecule has 3 rings (SSSR count). The van der Waals surface area contributed by atoms with E-state index in [1.54, 1.807) is 4.90 Å². The van der Waals surface area contributed by atoms with Crippen molar-refractivity contribution in [3.63, 3.8) is 0 Å². The summed E-state index contributed by atoms with van der Waals surface area (Å²) in [5, 5.41) is 12.2. The molecular weight excluding hydrogens is 384 g/mol. The highest BCUT2D eigenvalue weighted by Crippen LogP contribution is 2.28. The zero-order valence-electron chi connectivity index (χ0n) is 15.3. The maximum Gasteiger partial charge on any atom is 0.308 e. The van der Waals surface area contributed by atoms with E-state index in [1.165, 1.54) is 35.8 Å². The second-order valence-electron chi connectivity index (χ2n) is 6.33. The van der Waals surface area contributed by atoms with Crippen LogP contribution in [0.3, 0.4) is 0 Å². The average molecular weight is 407 g/mol. The Labute approximate surface area is 166 Å². The number of hydrogen-bond donors (Lipinski definition) is 1. The molecule has 1 amide bonds. The van der Waals surface area contributed by atoms with Crippen LogP contribution in [0, 0.1) is 12.8 Å². The molecule has 27 heavy (non-hydrogen) atoms. The summed E-state index contributed by atoms with van der Waals surface area (Å²) in [6.07, 6.45) is 1.32. The van der Waals surface area contributed by atoms with Crippen LogP contribution in [0.1, 0.15) is 18.4 Å². The van der Waals surface area contributed by atoms with E-state index in [1.807, 2.05) is 31.2 Å². The highest BCUT2D eigenvalue weighted by atomic mass is 32.2. The van der Waals surface area contributed by atoms with E-state index in [0.29, 0.717) is 36.8 Å². The smallest absolute Gasteiger partial charge is 0.308 e. The Morgan fingerprint density at radius 3 is 2.81 bits per heavy atom. The van der Waals surface area contributed by atoms with Gasteiger partial charge in [-0.3, -0.25) is 9.59 Å². The topological polar surface area (TPSA) is 84.4 Å². The number of ether oxygens (including phenoxy) is 1. The van der Waals surface area contributed by atoms with Gasteiger partial charge >= 0.3 is 5.97 Å². The summed E-state index contributed by atoms with van der Waals surface area (Å²) in [4.78, 5) is 25.7. The van der Waals surface area contributed by atoms with Gasteiger partial charge in [-0.2, -0.15) is 0 Å². The lowest BCUT2D eigenvalue weighted by molar-refractivity contribution is -0.148. The Kier molecular flexibility index (Phi) is 6.68. The number of hydrogen-bond acceptors (Lipinski definition) is 8. The average Bonchev–Trinajstić information content (AvgIpc) is 3.13. The summed E-state index contributed by atoms with van der Waals surface area (Å²) in [5.41, 5.74) is 2.13. The number of amides is 1. The van der Waals surface area contributed by atoms with Gasteiger partial charge in [0.15, 0.2) is 4.34 Å². The minimum atomic E-state index is -0.182. The van der Waals surface area contributed by atoms with Crippen molar-refractivity contribution in [1.82, 2.24) is 15.1 Å². The largest absolute Gasteiger partial charge is 0.469 e. The molecule has 0 aliphatic carbocycles. The third-order valence-electron chi connectivity index (χ3n) is 4.38. The van der Waals surface area contributed by atoms with Gasteiger partial charge in [0.05, 0.1) is 18.8 Å². The number of nitrogens with one attached hydrogen (secondary N) is 1. The maximum absolute atomic E-state index is 12.4. The third-order valence-corrected chi connectivity index (χ3v) is 6.33. The maximum atomic E-state index is 12.4. The van der Waals surface area contributed by atoms with Gasteiger partial charge in [-0.25, -0.2) is 0 Å². The second kappa shape index (κ2) is 9.18. The summed E-state index contributed by atoms with van der Waals surface area (Å²) in [6.45, 7) is 3.22. The van der Waals surface area contributed by atoms with Crippen molar-refractivity contribution >= 4 is 45.8 Å². The van der Waals surface area contributed by atoms with Crippen LogP contribution in [0.5, 0.6) is 0 Å². The first-order chi connectivity index (χ1) is 13.0. The van der Waals surface area contributed by atoms with Crippen molar-refractivity contribution in [3.05, 3.63) is 29.8 Å². The predicted octanol–water partition coefficient (Wildman–Crippen LogP) is 3.09. The van der Waals surface area contributed by atoms with Crippen molar-refractivity contribution in [1.29, 1.82) is 0 Å². The molecular formula is C18H22N4O3S2. The van der Waals surface area contributed by atoms with Crippen molar-refractivity contribution in [3.8, 4) is 0 Å². The van der Waals surface area contributed by atoms with Crippen LogP contribution in [0.2, 0.25) is 0 Å². The van der Waals surface area contributed by atoms with Crippen LogP contribution >= 0.6 is 23.1 Å². The zero-order valence-corrected chi connectivity index (χ0v) is 16.9. The minimum absolute atomic E-state index is 0.0618. The molecule has 1 aliphatic heterocycles. The summed E-state index contributed by atoms with van der Waals surface area (Å²) in [7, 11) is 1.40. The Balaban J connectivity index is 1.46. The number of thioether (sulfide) groups is 1. The molecule has 0 saturated carbocycles. The number of anilines is 2. The van der Waals surface area contributed by atoms with Gasteiger partial charge in [0.25, 0.3) is 0 Å². The number of esters is 1. The lowest BCUT2D eigenvalue weighted by Crippen LogP contribution is -2.41. The molecule has 0 atom stereocenters. The van der Waals surface area contributed by atoms with E-state index in [9.17, 15) is 9.59 Å². The van der Waals surface area contributed by atoms with Crippen LogP contribution in [0.25, 0.3) is 0 Å². The first-order valence-electron chi connectivity index (χ1n) is 8.71. The highest BCUT2D eigenvalue weighted by molar-refractivity contribution is 8.01. The number of methoxy groups -OCH3 is 1. The normalized spacial score (nSPS) is 14.8. The Morgan fingerprint density at radius 1 is 1.33 bits per heavy atom. The molecule has 1 N–H and O–H groups in total. The van der Waals surface area contributed by atoms with Crippen molar-refractivity contribution < 1.29 is 14.3 Å². The summed E-state index contributed by atoms with van der Waals surface area (Å²) >= 11 is 2.82. The van der Waals surface area contributed by atoms with E-state index in [-0.39, 0.29) is 17.8 Å². The lowest BCUT2D eigenvalue weighted by Gasteiger charge is -2.30. The summed E-state index contributed by atoms with van der Waals surface area (Å²) < 4.78 is 5.53. The molecule has 1 aromatic heterocycles. The molecule has 0 spiro atoms. The molecule has 144 valence electrons. The van der Waals surface area contributed by atoms with Crippen molar-refractivity contribution in [2.75, 3.05) is 31.3 Å². The van der Waals surface area contributed by atoms with Crippen LogP contribution in [0.15, 0.2) is 28.6 Å². The molecule has 1 aliphatic rings. The fourth-order valence-corrected chi connectivity index (χ4v) is 4.59. The molecule has 1 fully saturated rings. The lowest BCUT2D eigenvalue weighted by atomic mass is 9.97. The zero-order chi connectivity index (χ0) is 19.2. The van der Waals surface area contributed by atoms with Gasteiger partial charge in [-0.05, 0) is 37.5 Å². The van der Waals surface area contributed by atoms with E-state index in [4.69, 9.17) is 4.74 Å². The van der Waals surface area contributed by atoms with Gasteiger partial charge in [0.1, 0.15) is 0 Å². The van der Waals surface area contributed by atoms with Crippen molar-refractivity contribution in [2.45, 2.75) is 24.1 Å². The quantitative estimate of drug-likeness (QED) is 0.583. The fraction of sp³-hybridized carbons (Fsp3) is 0.444. The summed E-state index contributed by atoms with van der Waals surface area (Å²) in [6, 6.07) is 8.03. The Bertz CT molecular complexity index is 803. The number of carbonyl (C=O) groups is 2. The third kappa shape index (κ3) is 5.43. The number of likely N-dealkylation sites (tertiary alicyclic amines) is 1. The molecule has 0 radical (unpaired) electrons. The van der Waals surface area contributed by atoms with Crippen LogP contribution in [-0.4, -0.2) is 52.9 Å². The molecule has 2 aromatic rings. The highest BCUT2D eigenvalue weighted by Gasteiger charge is 2.27. The van der Waals surface area contributed by atoms with Gasteiger partial charge < -0.3 is 15.0 Å². The molecule has 0 bridgehead atoms. The fourth-order valence-electron chi connectivity index (χ4n) is 2.91. The van der Waals surface area contributed by atoms with Gasteiger partial charge in [-0.1, -0.05) is 35.2 Å². The van der Waals surface area contributed by atoms with E-state index in [2.05, 4.69) is 15.5 Å².